The Bertz CT molecular complexity index is 466. The highest BCUT2D eigenvalue weighted by Gasteiger charge is 2.27. The van der Waals surface area contributed by atoms with Gasteiger partial charge in [-0.1, -0.05) is 30.3 Å². The fourth-order valence-electron chi connectivity index (χ4n) is 3.12. The van der Waals surface area contributed by atoms with Crippen LogP contribution in [0.5, 0.6) is 0 Å². The van der Waals surface area contributed by atoms with E-state index in [0.29, 0.717) is 12.5 Å². The number of hydrogen-bond acceptors (Lipinski definition) is 4. The van der Waals surface area contributed by atoms with E-state index >= 15 is 0 Å². The second-order valence-electron chi connectivity index (χ2n) is 5.73. The minimum absolute atomic E-state index is 0. The molecular weight excluding hydrogens is 377 g/mol. The smallest absolute Gasteiger partial charge is 0.197 e. The molecule has 1 atom stereocenters. The number of halogens is 1. The molecule has 1 aromatic rings. The van der Waals surface area contributed by atoms with Crippen LogP contribution in [-0.4, -0.2) is 53.7 Å². The lowest BCUT2D eigenvalue weighted by molar-refractivity contribution is 0.152. The zero-order valence-electron chi connectivity index (χ0n) is 12.3. The number of rotatable bonds is 3. The molecule has 1 fully saturated rings. The summed E-state index contributed by atoms with van der Waals surface area (Å²) in [6.07, 6.45) is 2.29. The molecule has 0 bridgehead atoms. The van der Waals surface area contributed by atoms with Crippen molar-refractivity contribution in [2.75, 3.05) is 32.8 Å². The minimum Gasteiger partial charge on any atom is -0.396 e. The minimum atomic E-state index is 0. The Morgan fingerprint density at radius 3 is 2.76 bits per heavy atom. The van der Waals surface area contributed by atoms with Crippen molar-refractivity contribution in [2.24, 2.45) is 10.9 Å². The number of guanidine groups is 1. The van der Waals surface area contributed by atoms with E-state index in [9.17, 15) is 5.11 Å². The Balaban J connectivity index is 0.00000161. The van der Waals surface area contributed by atoms with Gasteiger partial charge in [0.2, 0.25) is 0 Å². The van der Waals surface area contributed by atoms with Crippen molar-refractivity contribution in [3.63, 3.8) is 0 Å². The van der Waals surface area contributed by atoms with Crippen molar-refractivity contribution in [2.45, 2.75) is 19.4 Å². The number of aliphatic hydroxyl groups excluding tert-OH is 1. The van der Waals surface area contributed by atoms with Gasteiger partial charge >= 0.3 is 0 Å². The normalized spacial score (nSPS) is 22.0. The molecule has 0 radical (unpaired) electrons. The van der Waals surface area contributed by atoms with Crippen molar-refractivity contribution < 1.29 is 5.11 Å². The molecule has 0 aromatic heterocycles. The van der Waals surface area contributed by atoms with Gasteiger partial charge in [0.25, 0.3) is 0 Å². The molecule has 1 N–H and O–H groups in total. The molecule has 116 valence electrons. The van der Waals surface area contributed by atoms with Crippen LogP contribution in [0.25, 0.3) is 0 Å². The van der Waals surface area contributed by atoms with Gasteiger partial charge in [0.15, 0.2) is 5.96 Å². The van der Waals surface area contributed by atoms with Crippen molar-refractivity contribution in [3.8, 4) is 0 Å². The standard InChI is InChI=1S/C16H23N3O.HI/c20-13-15-7-4-9-18(12-15)16-17-8-10-19(16)11-14-5-2-1-3-6-14;/h1-3,5-6,15,20H,4,7-13H2;1H. The molecule has 2 aliphatic heterocycles. The van der Waals surface area contributed by atoms with Crippen LogP contribution in [0.15, 0.2) is 35.3 Å². The quantitative estimate of drug-likeness (QED) is 0.790. The summed E-state index contributed by atoms with van der Waals surface area (Å²) in [5, 5.41) is 9.37. The number of piperidine rings is 1. The van der Waals surface area contributed by atoms with Gasteiger partial charge in [-0.25, -0.2) is 0 Å². The largest absolute Gasteiger partial charge is 0.396 e. The zero-order valence-corrected chi connectivity index (χ0v) is 14.6. The summed E-state index contributed by atoms with van der Waals surface area (Å²) in [5.41, 5.74) is 1.33. The molecule has 1 unspecified atom stereocenters. The maximum absolute atomic E-state index is 9.37. The second kappa shape index (κ2) is 7.98. The van der Waals surface area contributed by atoms with Crippen LogP contribution in [0, 0.1) is 5.92 Å². The maximum Gasteiger partial charge on any atom is 0.197 e. The molecule has 0 spiro atoms. The average molecular weight is 401 g/mol. The molecule has 5 heteroatoms. The van der Waals surface area contributed by atoms with E-state index in [0.717, 1.165) is 51.5 Å². The molecule has 2 aliphatic rings. The van der Waals surface area contributed by atoms with Crippen molar-refractivity contribution >= 4 is 29.9 Å². The summed E-state index contributed by atoms with van der Waals surface area (Å²) >= 11 is 0. The van der Waals surface area contributed by atoms with Crippen LogP contribution in [0.4, 0.5) is 0 Å². The SMILES string of the molecule is I.OCC1CCCN(C2=NCCN2Cc2ccccc2)C1. The molecule has 0 amide bonds. The van der Waals surface area contributed by atoms with Crippen LogP contribution in [0.3, 0.4) is 0 Å². The fraction of sp³-hybridized carbons (Fsp3) is 0.562. The first-order valence-corrected chi connectivity index (χ1v) is 7.56. The van der Waals surface area contributed by atoms with E-state index in [1.165, 1.54) is 5.56 Å². The van der Waals surface area contributed by atoms with Gasteiger partial charge in [0.1, 0.15) is 0 Å². The average Bonchev–Trinajstić information content (AvgIpc) is 2.96. The first kappa shape index (κ1) is 16.5. The van der Waals surface area contributed by atoms with Crippen LogP contribution in [0.1, 0.15) is 18.4 Å². The van der Waals surface area contributed by atoms with E-state index in [1.54, 1.807) is 0 Å². The Labute approximate surface area is 143 Å². The predicted octanol–water partition coefficient (Wildman–Crippen LogP) is 2.18. The highest BCUT2D eigenvalue weighted by Crippen LogP contribution is 2.20. The highest BCUT2D eigenvalue weighted by atomic mass is 127. The summed E-state index contributed by atoms with van der Waals surface area (Å²) in [5.74, 6) is 1.54. The van der Waals surface area contributed by atoms with Gasteiger partial charge < -0.3 is 14.9 Å². The van der Waals surface area contributed by atoms with Gasteiger partial charge in [-0.3, -0.25) is 4.99 Å². The number of nitrogens with zero attached hydrogens (tertiary/aromatic N) is 3. The Kier molecular flexibility index (Phi) is 6.29. The van der Waals surface area contributed by atoms with Crippen LogP contribution >= 0.6 is 24.0 Å². The predicted molar refractivity (Wildman–Crippen MR) is 96.0 cm³/mol. The summed E-state index contributed by atoms with van der Waals surface area (Å²) < 4.78 is 0. The van der Waals surface area contributed by atoms with Crippen LogP contribution in [0.2, 0.25) is 0 Å². The number of benzene rings is 1. The molecule has 2 heterocycles. The summed E-state index contributed by atoms with van der Waals surface area (Å²) in [6.45, 7) is 5.14. The van der Waals surface area contributed by atoms with Gasteiger partial charge in [0.05, 0.1) is 6.54 Å². The third-order valence-corrected chi connectivity index (χ3v) is 4.18. The van der Waals surface area contributed by atoms with Crippen molar-refractivity contribution in [1.29, 1.82) is 0 Å². The molecule has 4 nitrogen and oxygen atoms in total. The third kappa shape index (κ3) is 4.10. The summed E-state index contributed by atoms with van der Waals surface area (Å²) in [6, 6.07) is 10.6. The van der Waals surface area contributed by atoms with E-state index in [4.69, 9.17) is 4.99 Å². The van der Waals surface area contributed by atoms with E-state index < -0.39 is 0 Å². The van der Waals surface area contributed by atoms with Crippen LogP contribution < -0.4 is 0 Å². The number of likely N-dealkylation sites (tertiary alicyclic amines) is 1. The first-order chi connectivity index (χ1) is 9.86. The molecule has 0 aliphatic carbocycles. The third-order valence-electron chi connectivity index (χ3n) is 4.18. The van der Waals surface area contributed by atoms with Gasteiger partial charge in [-0.2, -0.15) is 0 Å². The van der Waals surface area contributed by atoms with Crippen molar-refractivity contribution in [1.82, 2.24) is 9.80 Å². The molecule has 1 aromatic carbocycles. The number of aliphatic hydroxyl groups is 1. The molecule has 0 saturated carbocycles. The highest BCUT2D eigenvalue weighted by molar-refractivity contribution is 14.0. The first-order valence-electron chi connectivity index (χ1n) is 7.56. The summed E-state index contributed by atoms with van der Waals surface area (Å²) in [7, 11) is 0. The molecule has 3 rings (SSSR count). The van der Waals surface area contributed by atoms with Crippen molar-refractivity contribution in [3.05, 3.63) is 35.9 Å². The lowest BCUT2D eigenvalue weighted by atomic mass is 9.99. The van der Waals surface area contributed by atoms with Gasteiger partial charge in [-0.05, 0) is 24.3 Å². The summed E-state index contributed by atoms with van der Waals surface area (Å²) in [4.78, 5) is 9.42. The number of aliphatic imine (C=N–C) groups is 1. The van der Waals surface area contributed by atoms with Gasteiger partial charge in [0, 0.05) is 32.8 Å². The zero-order chi connectivity index (χ0) is 13.8. The Morgan fingerprint density at radius 1 is 1.19 bits per heavy atom. The topological polar surface area (TPSA) is 39.1 Å². The monoisotopic (exact) mass is 401 g/mol. The number of hydrogen-bond donors (Lipinski definition) is 1. The fourth-order valence-corrected chi connectivity index (χ4v) is 3.12. The molecular formula is C16H24IN3O. The van der Waals surface area contributed by atoms with E-state index in [2.05, 4.69) is 40.1 Å². The van der Waals surface area contributed by atoms with Gasteiger partial charge in [-0.15, -0.1) is 24.0 Å². The molecule has 1 saturated heterocycles. The van der Waals surface area contributed by atoms with Crippen LogP contribution in [-0.2, 0) is 6.54 Å². The lowest BCUT2D eigenvalue weighted by Gasteiger charge is -2.36. The second-order valence-corrected chi connectivity index (χ2v) is 5.73. The maximum atomic E-state index is 9.37. The van der Waals surface area contributed by atoms with E-state index in [-0.39, 0.29) is 24.0 Å². The molecule has 21 heavy (non-hydrogen) atoms. The Hall–Kier alpha value is -0.820. The lowest BCUT2D eigenvalue weighted by Crippen LogP contribution is -2.47. The van der Waals surface area contributed by atoms with E-state index in [1.807, 2.05) is 0 Å². The Morgan fingerprint density at radius 2 is 2.00 bits per heavy atom.